The summed E-state index contributed by atoms with van der Waals surface area (Å²) in [7, 11) is 1.52. The number of methoxy groups -OCH3 is 1. The number of anilines is 2. The summed E-state index contributed by atoms with van der Waals surface area (Å²) >= 11 is 1.33. The lowest BCUT2D eigenvalue weighted by molar-refractivity contribution is -0.115. The molecular formula is C25H28N2O5S. The van der Waals surface area contributed by atoms with Crippen molar-refractivity contribution in [1.82, 2.24) is 4.98 Å². The number of carbonyl (C=O) groups excluding carboxylic acids is 2. The fourth-order valence-electron chi connectivity index (χ4n) is 3.27. The van der Waals surface area contributed by atoms with Gasteiger partial charge >= 0.3 is 5.97 Å². The number of thiazole rings is 1. The van der Waals surface area contributed by atoms with Crippen molar-refractivity contribution in [1.29, 1.82) is 0 Å². The number of hydrogen-bond acceptors (Lipinski definition) is 7. The molecule has 1 heterocycles. The Labute approximate surface area is 197 Å². The summed E-state index contributed by atoms with van der Waals surface area (Å²) < 4.78 is 16.5. The maximum atomic E-state index is 12.6. The molecule has 33 heavy (non-hydrogen) atoms. The van der Waals surface area contributed by atoms with Crippen LogP contribution in [-0.2, 0) is 22.6 Å². The van der Waals surface area contributed by atoms with Gasteiger partial charge in [-0.05, 0) is 50.1 Å². The molecule has 1 aromatic heterocycles. The molecule has 3 aromatic rings. The molecule has 0 saturated heterocycles. The highest BCUT2D eigenvalue weighted by molar-refractivity contribution is 7.14. The molecule has 0 atom stereocenters. The lowest BCUT2D eigenvalue weighted by Gasteiger charge is -2.20. The fraction of sp³-hybridized carbons (Fsp3) is 0.320. The zero-order chi connectivity index (χ0) is 24.0. The highest BCUT2D eigenvalue weighted by Gasteiger charge is 2.21. The zero-order valence-electron chi connectivity index (χ0n) is 19.5. The Balaban J connectivity index is 1.73. The third kappa shape index (κ3) is 5.90. The molecule has 0 fully saturated rings. The first-order valence-corrected chi connectivity index (χ1v) is 11.6. The standard InChI is InChI=1S/C25H28N2O5S/c1-6-18-9-7-8-10-21(18)27(17(4)28)25-26-20(15-33-25)14-31-24(29)19-11-12-22(32-16(2)3)23(13-19)30-5/h7-13,15-16H,6,14H2,1-5H3. The van der Waals surface area contributed by atoms with Crippen molar-refractivity contribution in [3.63, 3.8) is 0 Å². The summed E-state index contributed by atoms with van der Waals surface area (Å²) in [6, 6.07) is 12.7. The summed E-state index contributed by atoms with van der Waals surface area (Å²) in [6.45, 7) is 7.37. The van der Waals surface area contributed by atoms with Crippen molar-refractivity contribution < 1.29 is 23.8 Å². The van der Waals surface area contributed by atoms with E-state index in [1.807, 2.05) is 45.0 Å². The minimum atomic E-state index is -0.501. The molecule has 0 aliphatic rings. The van der Waals surface area contributed by atoms with Crippen molar-refractivity contribution in [2.45, 2.75) is 46.8 Å². The predicted octanol–water partition coefficient (Wildman–Crippen LogP) is 5.54. The van der Waals surface area contributed by atoms with E-state index in [2.05, 4.69) is 4.98 Å². The number of amides is 1. The first kappa shape index (κ1) is 24.3. The monoisotopic (exact) mass is 468 g/mol. The largest absolute Gasteiger partial charge is 0.493 e. The third-order valence-electron chi connectivity index (χ3n) is 4.77. The van der Waals surface area contributed by atoms with Crippen molar-refractivity contribution >= 4 is 34.0 Å². The number of ether oxygens (including phenoxy) is 3. The van der Waals surface area contributed by atoms with Crippen LogP contribution in [-0.4, -0.2) is 30.1 Å². The van der Waals surface area contributed by atoms with Gasteiger partial charge in [0.25, 0.3) is 0 Å². The van der Waals surface area contributed by atoms with Gasteiger partial charge in [-0.15, -0.1) is 11.3 Å². The topological polar surface area (TPSA) is 78.0 Å². The van der Waals surface area contributed by atoms with Crippen molar-refractivity contribution in [3.8, 4) is 11.5 Å². The second-order valence-electron chi connectivity index (χ2n) is 7.57. The summed E-state index contributed by atoms with van der Waals surface area (Å²) in [4.78, 5) is 31.1. The van der Waals surface area contributed by atoms with E-state index in [0.29, 0.717) is 27.9 Å². The van der Waals surface area contributed by atoms with Gasteiger partial charge in [0.1, 0.15) is 6.61 Å². The molecule has 0 unspecified atom stereocenters. The number of para-hydroxylation sites is 1. The number of aromatic nitrogens is 1. The van der Waals surface area contributed by atoms with Gasteiger partial charge in [0, 0.05) is 12.3 Å². The Morgan fingerprint density at radius 3 is 2.55 bits per heavy atom. The van der Waals surface area contributed by atoms with E-state index in [0.717, 1.165) is 17.7 Å². The lowest BCUT2D eigenvalue weighted by Crippen LogP contribution is -2.23. The summed E-state index contributed by atoms with van der Waals surface area (Å²) in [5.74, 6) is 0.383. The van der Waals surface area contributed by atoms with Crippen molar-refractivity contribution in [2.24, 2.45) is 0 Å². The second kappa shape index (κ2) is 11.0. The van der Waals surface area contributed by atoms with Crippen molar-refractivity contribution in [3.05, 3.63) is 64.7 Å². The number of esters is 1. The number of rotatable bonds is 9. The Morgan fingerprint density at radius 1 is 1.12 bits per heavy atom. The quantitative estimate of drug-likeness (QED) is 0.384. The molecule has 7 nitrogen and oxygen atoms in total. The Hall–Kier alpha value is -3.39. The molecular weight excluding hydrogens is 440 g/mol. The van der Waals surface area contributed by atoms with Gasteiger partial charge in [-0.25, -0.2) is 9.78 Å². The molecule has 0 saturated carbocycles. The minimum Gasteiger partial charge on any atom is -0.493 e. The van der Waals surface area contributed by atoms with Crippen LogP contribution < -0.4 is 14.4 Å². The zero-order valence-corrected chi connectivity index (χ0v) is 20.3. The smallest absolute Gasteiger partial charge is 0.338 e. The van der Waals surface area contributed by atoms with Crippen LogP contribution in [0.25, 0.3) is 0 Å². The molecule has 0 bridgehead atoms. The van der Waals surface area contributed by atoms with Crippen LogP contribution in [0.15, 0.2) is 47.8 Å². The van der Waals surface area contributed by atoms with Gasteiger partial charge < -0.3 is 14.2 Å². The van der Waals surface area contributed by atoms with Crippen LogP contribution in [0.5, 0.6) is 11.5 Å². The molecule has 3 rings (SSSR count). The van der Waals surface area contributed by atoms with E-state index in [1.165, 1.54) is 25.4 Å². The molecule has 0 radical (unpaired) electrons. The van der Waals surface area contributed by atoms with Crippen LogP contribution in [0.1, 0.15) is 49.3 Å². The predicted molar refractivity (Wildman–Crippen MR) is 129 cm³/mol. The van der Waals surface area contributed by atoms with E-state index in [-0.39, 0.29) is 18.6 Å². The van der Waals surface area contributed by atoms with Gasteiger partial charge in [-0.2, -0.15) is 0 Å². The lowest BCUT2D eigenvalue weighted by atomic mass is 10.1. The van der Waals surface area contributed by atoms with Crippen LogP contribution >= 0.6 is 11.3 Å². The van der Waals surface area contributed by atoms with Crippen LogP contribution in [0.4, 0.5) is 10.8 Å². The average molecular weight is 469 g/mol. The number of carbonyl (C=O) groups is 2. The van der Waals surface area contributed by atoms with Crippen molar-refractivity contribution in [2.75, 3.05) is 12.0 Å². The van der Waals surface area contributed by atoms with Gasteiger partial charge in [0.15, 0.2) is 16.6 Å². The van der Waals surface area contributed by atoms with Crippen LogP contribution in [0, 0.1) is 0 Å². The van der Waals surface area contributed by atoms with E-state index in [1.54, 1.807) is 28.5 Å². The number of benzene rings is 2. The first-order valence-electron chi connectivity index (χ1n) is 10.7. The Bertz CT molecular complexity index is 1130. The van der Waals surface area contributed by atoms with E-state index in [4.69, 9.17) is 14.2 Å². The fourth-order valence-corrected chi connectivity index (χ4v) is 4.13. The minimum absolute atomic E-state index is 0.0108. The molecule has 0 N–H and O–H groups in total. The number of nitrogens with zero attached hydrogens (tertiary/aromatic N) is 2. The Kier molecular flexibility index (Phi) is 8.06. The van der Waals surface area contributed by atoms with Gasteiger partial charge in [0.05, 0.1) is 30.2 Å². The second-order valence-corrected chi connectivity index (χ2v) is 8.40. The van der Waals surface area contributed by atoms with E-state index in [9.17, 15) is 9.59 Å². The third-order valence-corrected chi connectivity index (χ3v) is 5.65. The van der Waals surface area contributed by atoms with Gasteiger partial charge in [-0.3, -0.25) is 9.69 Å². The van der Waals surface area contributed by atoms with Gasteiger partial charge in [0.2, 0.25) is 5.91 Å². The molecule has 2 aromatic carbocycles. The first-order chi connectivity index (χ1) is 15.8. The highest BCUT2D eigenvalue weighted by Crippen LogP contribution is 2.32. The summed E-state index contributed by atoms with van der Waals surface area (Å²) in [5, 5.41) is 2.32. The molecule has 1 amide bonds. The highest BCUT2D eigenvalue weighted by atomic mass is 32.1. The molecule has 0 aliphatic carbocycles. The number of hydrogen-bond donors (Lipinski definition) is 0. The SMILES string of the molecule is CCc1ccccc1N(C(C)=O)c1nc(COC(=O)c2ccc(OC(C)C)c(OC)c2)cs1. The average Bonchev–Trinajstić information content (AvgIpc) is 3.26. The van der Waals surface area contributed by atoms with E-state index < -0.39 is 5.97 Å². The molecule has 174 valence electrons. The van der Waals surface area contributed by atoms with E-state index >= 15 is 0 Å². The summed E-state index contributed by atoms with van der Waals surface area (Å²) in [5.41, 5.74) is 2.77. The summed E-state index contributed by atoms with van der Waals surface area (Å²) in [6.07, 6.45) is 0.773. The molecule has 0 aliphatic heterocycles. The van der Waals surface area contributed by atoms with Gasteiger partial charge in [-0.1, -0.05) is 25.1 Å². The van der Waals surface area contributed by atoms with Crippen LogP contribution in [0.2, 0.25) is 0 Å². The molecule has 8 heteroatoms. The van der Waals surface area contributed by atoms with Crippen LogP contribution in [0.3, 0.4) is 0 Å². The maximum Gasteiger partial charge on any atom is 0.338 e. The maximum absolute atomic E-state index is 12.6. The number of aryl methyl sites for hydroxylation is 1. The Morgan fingerprint density at radius 2 is 1.88 bits per heavy atom. The molecule has 0 spiro atoms. The normalized spacial score (nSPS) is 10.7.